The number of carbonyl (C=O) groups is 1. The second-order valence-electron chi connectivity index (χ2n) is 4.58. The monoisotopic (exact) mass is 278 g/mol. The van der Waals surface area contributed by atoms with E-state index in [-0.39, 0.29) is 23.8 Å². The second-order valence-corrected chi connectivity index (χ2v) is 4.58. The highest BCUT2D eigenvalue weighted by Gasteiger charge is 2.22. The molecule has 1 rings (SSSR count). The van der Waals surface area contributed by atoms with Crippen molar-refractivity contribution in [2.45, 2.75) is 32.7 Å². The Bertz CT molecular complexity index is 512. The van der Waals surface area contributed by atoms with E-state index in [2.05, 4.69) is 10.3 Å². The minimum absolute atomic E-state index is 0.0362. The van der Waals surface area contributed by atoms with Gasteiger partial charge in [0.2, 0.25) is 0 Å². The van der Waals surface area contributed by atoms with E-state index < -0.39 is 11.7 Å². The number of carbonyl (C=O) groups excluding carboxylic acids is 1. The first-order valence-electron chi connectivity index (χ1n) is 6.55. The highest BCUT2D eigenvalue weighted by Crippen LogP contribution is 2.17. The molecule has 0 bridgehead atoms. The Morgan fingerprint density at radius 1 is 1.65 bits per heavy atom. The van der Waals surface area contributed by atoms with Crippen molar-refractivity contribution in [3.05, 3.63) is 23.6 Å². The van der Waals surface area contributed by atoms with Crippen LogP contribution >= 0.6 is 0 Å². The third-order valence-corrected chi connectivity index (χ3v) is 3.03. The fraction of sp³-hybridized carbons (Fsp3) is 0.500. The van der Waals surface area contributed by atoms with Crippen LogP contribution in [0.4, 0.5) is 10.2 Å². The number of pyridine rings is 1. The van der Waals surface area contributed by atoms with Crippen LogP contribution in [0.25, 0.3) is 0 Å². The van der Waals surface area contributed by atoms with Crippen molar-refractivity contribution in [3.8, 4) is 6.07 Å². The minimum Gasteiger partial charge on any atom is -0.368 e. The van der Waals surface area contributed by atoms with Gasteiger partial charge >= 0.3 is 0 Å². The van der Waals surface area contributed by atoms with Gasteiger partial charge in [0.1, 0.15) is 0 Å². The first kappa shape index (κ1) is 15.9. The maximum Gasteiger partial charge on any atom is 0.257 e. The number of nitriles is 1. The molecule has 1 unspecified atom stereocenters. The molecule has 0 aliphatic heterocycles. The zero-order valence-electron chi connectivity index (χ0n) is 12.0. The molecule has 0 aliphatic carbocycles. The van der Waals surface area contributed by atoms with Gasteiger partial charge < -0.3 is 10.2 Å². The molecule has 0 saturated heterocycles. The van der Waals surface area contributed by atoms with Crippen molar-refractivity contribution >= 4 is 11.7 Å². The van der Waals surface area contributed by atoms with Gasteiger partial charge in [-0.15, -0.1) is 0 Å². The van der Waals surface area contributed by atoms with Crippen LogP contribution in [0.5, 0.6) is 0 Å². The van der Waals surface area contributed by atoms with E-state index in [0.717, 1.165) is 6.42 Å². The lowest BCUT2D eigenvalue weighted by Crippen LogP contribution is -2.35. The summed E-state index contributed by atoms with van der Waals surface area (Å²) in [5.41, 5.74) is -0.0362. The SMILES string of the molecule is CCCNc1nccc(C(=O)N(C)C(C)CC#N)c1F. The molecular formula is C14H19FN4O. The fourth-order valence-electron chi connectivity index (χ4n) is 1.63. The summed E-state index contributed by atoms with van der Waals surface area (Å²) in [6.45, 7) is 4.29. The number of amides is 1. The molecule has 108 valence electrons. The molecular weight excluding hydrogens is 259 g/mol. The molecule has 0 fully saturated rings. The molecule has 0 radical (unpaired) electrons. The first-order chi connectivity index (χ1) is 9.52. The van der Waals surface area contributed by atoms with Gasteiger partial charge in [-0.2, -0.15) is 5.26 Å². The second kappa shape index (κ2) is 7.43. The van der Waals surface area contributed by atoms with Gasteiger partial charge in [-0.1, -0.05) is 6.92 Å². The smallest absolute Gasteiger partial charge is 0.257 e. The summed E-state index contributed by atoms with van der Waals surface area (Å²) < 4.78 is 14.2. The predicted molar refractivity (Wildman–Crippen MR) is 74.8 cm³/mol. The Morgan fingerprint density at radius 2 is 2.35 bits per heavy atom. The van der Waals surface area contributed by atoms with Crippen LogP contribution < -0.4 is 5.32 Å². The van der Waals surface area contributed by atoms with Crippen LogP contribution in [0.15, 0.2) is 12.3 Å². The molecule has 5 nitrogen and oxygen atoms in total. The van der Waals surface area contributed by atoms with Gasteiger partial charge in [-0.25, -0.2) is 9.37 Å². The van der Waals surface area contributed by atoms with Crippen molar-refractivity contribution in [3.63, 3.8) is 0 Å². The number of hydrogen-bond acceptors (Lipinski definition) is 4. The van der Waals surface area contributed by atoms with E-state index in [0.29, 0.717) is 6.54 Å². The Morgan fingerprint density at radius 3 is 2.95 bits per heavy atom. The summed E-state index contributed by atoms with van der Waals surface area (Å²) in [6, 6.07) is 3.08. The lowest BCUT2D eigenvalue weighted by Gasteiger charge is -2.23. The summed E-state index contributed by atoms with van der Waals surface area (Å²) in [6.07, 6.45) is 2.44. The van der Waals surface area contributed by atoms with Crippen molar-refractivity contribution < 1.29 is 9.18 Å². The quantitative estimate of drug-likeness (QED) is 0.867. The third-order valence-electron chi connectivity index (χ3n) is 3.03. The molecule has 1 aromatic heterocycles. The van der Waals surface area contributed by atoms with E-state index in [1.165, 1.54) is 17.2 Å². The lowest BCUT2D eigenvalue weighted by molar-refractivity contribution is 0.0741. The van der Waals surface area contributed by atoms with Crippen LogP contribution in [0.1, 0.15) is 37.0 Å². The number of rotatable bonds is 6. The van der Waals surface area contributed by atoms with Crippen molar-refractivity contribution in [2.75, 3.05) is 18.9 Å². The van der Waals surface area contributed by atoms with Crippen molar-refractivity contribution in [1.29, 1.82) is 5.26 Å². The fourth-order valence-corrected chi connectivity index (χ4v) is 1.63. The number of nitrogens with one attached hydrogen (secondary N) is 1. The summed E-state index contributed by atoms with van der Waals surface area (Å²) in [5.74, 6) is -1.02. The molecule has 0 aromatic carbocycles. The van der Waals surface area contributed by atoms with Crippen molar-refractivity contribution in [2.24, 2.45) is 0 Å². The topological polar surface area (TPSA) is 69.0 Å². The molecule has 1 N–H and O–H groups in total. The molecule has 1 heterocycles. The normalized spacial score (nSPS) is 11.6. The standard InChI is InChI=1S/C14H19FN4O/c1-4-8-17-13-12(15)11(6-9-18-13)14(20)19(3)10(2)5-7-16/h6,9-10H,4-5,8H2,1-3H3,(H,17,18). The van der Waals surface area contributed by atoms with Crippen LogP contribution in [-0.2, 0) is 0 Å². The van der Waals surface area contributed by atoms with Gasteiger partial charge in [0.25, 0.3) is 5.91 Å². The maximum atomic E-state index is 14.2. The summed E-state index contributed by atoms with van der Waals surface area (Å²) >= 11 is 0. The third kappa shape index (κ3) is 3.67. The number of aromatic nitrogens is 1. The summed E-state index contributed by atoms with van der Waals surface area (Å²) in [4.78, 5) is 17.5. The average Bonchev–Trinajstić information content (AvgIpc) is 2.45. The lowest BCUT2D eigenvalue weighted by atomic mass is 10.1. The molecule has 1 atom stereocenters. The molecule has 0 aliphatic rings. The van der Waals surface area contributed by atoms with E-state index >= 15 is 0 Å². The molecule has 20 heavy (non-hydrogen) atoms. The van der Waals surface area contributed by atoms with Gasteiger partial charge in [0.15, 0.2) is 11.6 Å². The van der Waals surface area contributed by atoms with Crippen molar-refractivity contribution in [1.82, 2.24) is 9.88 Å². The Hall–Kier alpha value is -2.16. The van der Waals surface area contributed by atoms with Crippen LogP contribution in [-0.4, -0.2) is 35.4 Å². The molecule has 1 amide bonds. The van der Waals surface area contributed by atoms with Gasteiger partial charge in [0.05, 0.1) is 18.1 Å². The van der Waals surface area contributed by atoms with Gasteiger partial charge in [-0.3, -0.25) is 4.79 Å². The zero-order valence-corrected chi connectivity index (χ0v) is 12.0. The van der Waals surface area contributed by atoms with E-state index in [9.17, 15) is 9.18 Å². The number of hydrogen-bond donors (Lipinski definition) is 1. The zero-order chi connectivity index (χ0) is 15.1. The molecule has 0 saturated carbocycles. The van der Waals surface area contributed by atoms with E-state index in [1.807, 2.05) is 13.0 Å². The Balaban J connectivity index is 2.96. The highest BCUT2D eigenvalue weighted by molar-refractivity contribution is 5.95. The van der Waals surface area contributed by atoms with Crippen LogP contribution in [0, 0.1) is 17.1 Å². The minimum atomic E-state index is -0.651. The van der Waals surface area contributed by atoms with Crippen LogP contribution in [0.2, 0.25) is 0 Å². The summed E-state index contributed by atoms with van der Waals surface area (Å²) in [5, 5.41) is 11.5. The molecule has 0 spiro atoms. The molecule has 1 aromatic rings. The average molecular weight is 278 g/mol. The highest BCUT2D eigenvalue weighted by atomic mass is 19.1. The van der Waals surface area contributed by atoms with Gasteiger partial charge in [0, 0.05) is 25.8 Å². The van der Waals surface area contributed by atoms with Gasteiger partial charge in [-0.05, 0) is 19.4 Å². The Kier molecular flexibility index (Phi) is 5.91. The first-order valence-corrected chi connectivity index (χ1v) is 6.55. The maximum absolute atomic E-state index is 14.2. The molecule has 6 heteroatoms. The van der Waals surface area contributed by atoms with E-state index in [4.69, 9.17) is 5.26 Å². The predicted octanol–water partition coefficient (Wildman–Crippen LogP) is 2.42. The van der Waals surface area contributed by atoms with E-state index in [1.54, 1.807) is 14.0 Å². The largest absolute Gasteiger partial charge is 0.368 e. The number of nitrogens with zero attached hydrogens (tertiary/aromatic N) is 3. The van der Waals surface area contributed by atoms with Crippen LogP contribution in [0.3, 0.4) is 0 Å². The Labute approximate surface area is 118 Å². The summed E-state index contributed by atoms with van der Waals surface area (Å²) in [7, 11) is 1.56. The number of anilines is 1. The number of halogens is 1.